The topological polar surface area (TPSA) is 81.4 Å². The van der Waals surface area contributed by atoms with Crippen molar-refractivity contribution in [1.82, 2.24) is 5.32 Å². The van der Waals surface area contributed by atoms with Crippen molar-refractivity contribution in [2.45, 2.75) is 31.7 Å². The van der Waals surface area contributed by atoms with E-state index in [2.05, 4.69) is 17.4 Å². The number of rotatable bonds is 6. The summed E-state index contributed by atoms with van der Waals surface area (Å²) in [7, 11) is 0. The van der Waals surface area contributed by atoms with Crippen molar-refractivity contribution in [2.75, 3.05) is 6.61 Å². The maximum absolute atomic E-state index is 12.6. The van der Waals surface area contributed by atoms with Crippen molar-refractivity contribution >= 4 is 11.8 Å². The Bertz CT molecular complexity index is 773. The van der Waals surface area contributed by atoms with Gasteiger partial charge in [0.05, 0.1) is 5.92 Å². The molecule has 25 heavy (non-hydrogen) atoms. The van der Waals surface area contributed by atoms with Gasteiger partial charge in [0.1, 0.15) is 5.75 Å². The van der Waals surface area contributed by atoms with Crippen LogP contribution in [0.4, 0.5) is 0 Å². The van der Waals surface area contributed by atoms with E-state index in [1.807, 2.05) is 24.3 Å². The van der Waals surface area contributed by atoms with Crippen LogP contribution in [0.3, 0.4) is 0 Å². The second-order valence-electron chi connectivity index (χ2n) is 6.26. The van der Waals surface area contributed by atoms with Crippen molar-refractivity contribution in [3.05, 3.63) is 65.2 Å². The van der Waals surface area contributed by atoms with E-state index in [1.54, 1.807) is 12.1 Å². The first-order valence-corrected chi connectivity index (χ1v) is 8.49. The van der Waals surface area contributed by atoms with Gasteiger partial charge in [0.15, 0.2) is 6.61 Å². The predicted molar refractivity (Wildman–Crippen MR) is 95.1 cm³/mol. The SMILES string of the molecule is NC(=O)COc1cccc(CNC(=O)[C@@H]2CCCc3ccccc32)c1. The third kappa shape index (κ3) is 4.38. The molecule has 0 bridgehead atoms. The summed E-state index contributed by atoms with van der Waals surface area (Å²) in [5.41, 5.74) is 8.41. The van der Waals surface area contributed by atoms with Gasteiger partial charge in [0.2, 0.25) is 5.91 Å². The van der Waals surface area contributed by atoms with E-state index < -0.39 is 5.91 Å². The van der Waals surface area contributed by atoms with Gasteiger partial charge < -0.3 is 15.8 Å². The monoisotopic (exact) mass is 338 g/mol. The first-order chi connectivity index (χ1) is 12.1. The molecule has 1 aliphatic carbocycles. The quantitative estimate of drug-likeness (QED) is 0.848. The first kappa shape index (κ1) is 17.0. The molecular formula is C20H22N2O3. The minimum Gasteiger partial charge on any atom is -0.484 e. The van der Waals surface area contributed by atoms with Crippen LogP contribution in [0.1, 0.15) is 35.4 Å². The number of ether oxygens (including phenoxy) is 1. The Balaban J connectivity index is 1.61. The van der Waals surface area contributed by atoms with Crippen LogP contribution < -0.4 is 15.8 Å². The lowest BCUT2D eigenvalue weighted by Crippen LogP contribution is -2.31. The summed E-state index contributed by atoms with van der Waals surface area (Å²) in [4.78, 5) is 23.4. The van der Waals surface area contributed by atoms with E-state index in [0.29, 0.717) is 12.3 Å². The van der Waals surface area contributed by atoms with Gasteiger partial charge in [0.25, 0.3) is 5.91 Å². The number of aryl methyl sites for hydroxylation is 1. The van der Waals surface area contributed by atoms with Gasteiger partial charge in [-0.05, 0) is 48.1 Å². The summed E-state index contributed by atoms with van der Waals surface area (Å²) in [6, 6.07) is 15.5. The molecule has 1 aliphatic rings. The number of hydrogen-bond donors (Lipinski definition) is 2. The summed E-state index contributed by atoms with van der Waals surface area (Å²) in [6.45, 7) is 0.264. The lowest BCUT2D eigenvalue weighted by atomic mass is 9.82. The molecule has 3 N–H and O–H groups in total. The zero-order valence-electron chi connectivity index (χ0n) is 14.0. The van der Waals surface area contributed by atoms with Crippen molar-refractivity contribution in [2.24, 2.45) is 5.73 Å². The third-order valence-corrected chi connectivity index (χ3v) is 4.43. The molecule has 5 nitrogen and oxygen atoms in total. The van der Waals surface area contributed by atoms with Crippen LogP contribution in [0.5, 0.6) is 5.75 Å². The fourth-order valence-corrected chi connectivity index (χ4v) is 3.24. The van der Waals surface area contributed by atoms with Crippen LogP contribution in [0.15, 0.2) is 48.5 Å². The molecular weight excluding hydrogens is 316 g/mol. The Morgan fingerprint density at radius 3 is 2.84 bits per heavy atom. The summed E-state index contributed by atoms with van der Waals surface area (Å²) in [5, 5.41) is 3.02. The first-order valence-electron chi connectivity index (χ1n) is 8.49. The minimum atomic E-state index is -0.519. The van der Waals surface area contributed by atoms with Crippen LogP contribution in [0, 0.1) is 0 Å². The molecule has 0 unspecified atom stereocenters. The Labute approximate surface area is 147 Å². The van der Waals surface area contributed by atoms with Crippen molar-refractivity contribution < 1.29 is 14.3 Å². The summed E-state index contributed by atoms with van der Waals surface area (Å²) >= 11 is 0. The van der Waals surface area contributed by atoms with Gasteiger partial charge in [-0.25, -0.2) is 0 Å². The molecule has 3 rings (SSSR count). The van der Waals surface area contributed by atoms with Gasteiger partial charge in [-0.15, -0.1) is 0 Å². The van der Waals surface area contributed by atoms with Gasteiger partial charge in [-0.3, -0.25) is 9.59 Å². The van der Waals surface area contributed by atoms with Crippen molar-refractivity contribution in [3.8, 4) is 5.75 Å². The molecule has 1 atom stereocenters. The van der Waals surface area contributed by atoms with Crippen LogP contribution >= 0.6 is 0 Å². The molecule has 2 aromatic rings. The molecule has 130 valence electrons. The van der Waals surface area contributed by atoms with Gasteiger partial charge in [-0.1, -0.05) is 36.4 Å². The highest BCUT2D eigenvalue weighted by molar-refractivity contribution is 5.84. The molecule has 0 aliphatic heterocycles. The Morgan fingerprint density at radius 1 is 1.16 bits per heavy atom. The number of benzene rings is 2. The van der Waals surface area contributed by atoms with Crippen molar-refractivity contribution in [3.63, 3.8) is 0 Å². The van der Waals surface area contributed by atoms with Crippen LogP contribution in [-0.2, 0) is 22.6 Å². The number of carbonyl (C=O) groups is 2. The Kier molecular flexibility index (Phi) is 5.33. The van der Waals surface area contributed by atoms with Gasteiger partial charge in [0, 0.05) is 6.54 Å². The standard InChI is InChI=1S/C20H22N2O3/c21-19(23)13-25-16-8-3-5-14(11-16)12-22-20(24)18-10-4-7-15-6-1-2-9-17(15)18/h1-3,5-6,8-9,11,18H,4,7,10,12-13H2,(H2,21,23)(H,22,24)/t18-/m1/s1. The zero-order chi connectivity index (χ0) is 17.6. The molecule has 0 fully saturated rings. The summed E-state index contributed by atoms with van der Waals surface area (Å²) in [6.07, 6.45) is 2.95. The molecule has 0 radical (unpaired) electrons. The average molecular weight is 338 g/mol. The second kappa shape index (κ2) is 7.83. The second-order valence-corrected chi connectivity index (χ2v) is 6.26. The number of carbonyl (C=O) groups excluding carboxylic acids is 2. The summed E-state index contributed by atoms with van der Waals surface area (Å²) in [5.74, 6) is 0.0121. The van der Waals surface area contributed by atoms with Crippen LogP contribution in [0.25, 0.3) is 0 Å². The maximum atomic E-state index is 12.6. The lowest BCUT2D eigenvalue weighted by Gasteiger charge is -2.24. The number of primary amides is 1. The number of hydrogen-bond acceptors (Lipinski definition) is 3. The van der Waals surface area contributed by atoms with E-state index in [-0.39, 0.29) is 18.4 Å². The fourth-order valence-electron chi connectivity index (χ4n) is 3.24. The largest absolute Gasteiger partial charge is 0.484 e. The van der Waals surface area contributed by atoms with Gasteiger partial charge in [-0.2, -0.15) is 0 Å². The highest BCUT2D eigenvalue weighted by Gasteiger charge is 2.25. The van der Waals surface area contributed by atoms with Crippen molar-refractivity contribution in [1.29, 1.82) is 0 Å². The third-order valence-electron chi connectivity index (χ3n) is 4.43. The molecule has 2 amide bonds. The Hall–Kier alpha value is -2.82. The molecule has 5 heteroatoms. The number of fused-ring (bicyclic) bond motifs is 1. The normalized spacial score (nSPS) is 15.9. The van der Waals surface area contributed by atoms with E-state index in [0.717, 1.165) is 30.4 Å². The predicted octanol–water partition coefficient (Wildman–Crippen LogP) is 2.29. The molecule has 2 aromatic carbocycles. The lowest BCUT2D eigenvalue weighted by molar-refractivity contribution is -0.123. The van der Waals surface area contributed by atoms with Crippen LogP contribution in [-0.4, -0.2) is 18.4 Å². The van der Waals surface area contributed by atoms with E-state index in [1.165, 1.54) is 5.56 Å². The number of nitrogens with two attached hydrogens (primary N) is 1. The average Bonchev–Trinajstić information content (AvgIpc) is 2.64. The maximum Gasteiger partial charge on any atom is 0.255 e. The smallest absolute Gasteiger partial charge is 0.255 e. The highest BCUT2D eigenvalue weighted by atomic mass is 16.5. The van der Waals surface area contributed by atoms with Crippen LogP contribution in [0.2, 0.25) is 0 Å². The van der Waals surface area contributed by atoms with E-state index >= 15 is 0 Å². The molecule has 0 heterocycles. The zero-order valence-corrected chi connectivity index (χ0v) is 14.0. The molecule has 0 aromatic heterocycles. The number of nitrogens with one attached hydrogen (secondary N) is 1. The molecule has 0 saturated carbocycles. The van der Waals surface area contributed by atoms with Gasteiger partial charge >= 0.3 is 0 Å². The number of amides is 2. The summed E-state index contributed by atoms with van der Waals surface area (Å²) < 4.78 is 5.29. The fraction of sp³-hybridized carbons (Fsp3) is 0.300. The Morgan fingerprint density at radius 2 is 2.00 bits per heavy atom. The minimum absolute atomic E-state index is 0.0515. The molecule has 0 saturated heterocycles. The molecule has 0 spiro atoms. The van der Waals surface area contributed by atoms with E-state index in [9.17, 15) is 9.59 Å². The van der Waals surface area contributed by atoms with E-state index in [4.69, 9.17) is 10.5 Å². The highest BCUT2D eigenvalue weighted by Crippen LogP contribution is 2.31.